The summed E-state index contributed by atoms with van der Waals surface area (Å²) in [4.78, 5) is 12.9. The smallest absolute Gasteiger partial charge is 0.210 e. The quantitative estimate of drug-likeness (QED) is 0.773. The maximum atomic E-state index is 11.1. The molecule has 0 spiro atoms. The van der Waals surface area contributed by atoms with Gasteiger partial charge in [0.2, 0.25) is 6.41 Å². The lowest BCUT2D eigenvalue weighted by Gasteiger charge is -2.17. The van der Waals surface area contributed by atoms with Gasteiger partial charge in [0.25, 0.3) is 0 Å². The molecule has 0 aliphatic heterocycles. The van der Waals surface area contributed by atoms with Crippen LogP contribution >= 0.6 is 15.9 Å². The van der Waals surface area contributed by atoms with Crippen molar-refractivity contribution in [2.45, 2.75) is 13.1 Å². The molecular formula is C15H14BrNO. The third-order valence-electron chi connectivity index (χ3n) is 2.65. The second-order valence-corrected chi connectivity index (χ2v) is 5.04. The van der Waals surface area contributed by atoms with Crippen molar-refractivity contribution in [3.63, 3.8) is 0 Å². The van der Waals surface area contributed by atoms with Gasteiger partial charge in [-0.2, -0.15) is 0 Å². The average molecular weight is 304 g/mol. The van der Waals surface area contributed by atoms with Gasteiger partial charge in [-0.25, -0.2) is 0 Å². The predicted octanol–water partition coefficient (Wildman–Crippen LogP) is 3.61. The molecule has 2 aromatic carbocycles. The largest absolute Gasteiger partial charge is 0.337 e. The summed E-state index contributed by atoms with van der Waals surface area (Å²) >= 11 is 3.43. The molecule has 2 rings (SSSR count). The molecule has 0 atom stereocenters. The third kappa shape index (κ3) is 3.70. The van der Waals surface area contributed by atoms with E-state index in [-0.39, 0.29) is 0 Å². The van der Waals surface area contributed by atoms with Gasteiger partial charge in [0, 0.05) is 17.6 Å². The maximum Gasteiger partial charge on any atom is 0.210 e. The summed E-state index contributed by atoms with van der Waals surface area (Å²) in [6.45, 7) is 1.26. The van der Waals surface area contributed by atoms with Gasteiger partial charge in [-0.05, 0) is 23.3 Å². The van der Waals surface area contributed by atoms with Gasteiger partial charge in [-0.1, -0.05) is 58.4 Å². The summed E-state index contributed by atoms with van der Waals surface area (Å²) in [5.74, 6) is 0. The topological polar surface area (TPSA) is 20.3 Å². The fourth-order valence-electron chi connectivity index (χ4n) is 1.82. The van der Waals surface area contributed by atoms with Crippen molar-refractivity contribution in [2.24, 2.45) is 0 Å². The zero-order valence-corrected chi connectivity index (χ0v) is 11.5. The molecule has 18 heavy (non-hydrogen) atoms. The lowest BCUT2D eigenvalue weighted by molar-refractivity contribution is -0.119. The van der Waals surface area contributed by atoms with E-state index in [1.165, 1.54) is 0 Å². The van der Waals surface area contributed by atoms with Crippen molar-refractivity contribution in [3.8, 4) is 0 Å². The number of benzene rings is 2. The lowest BCUT2D eigenvalue weighted by Crippen LogP contribution is -2.20. The van der Waals surface area contributed by atoms with Crippen LogP contribution in [-0.2, 0) is 17.9 Å². The second kappa shape index (κ2) is 6.36. The van der Waals surface area contributed by atoms with E-state index in [0.717, 1.165) is 22.0 Å². The average Bonchev–Trinajstić information content (AvgIpc) is 2.39. The highest BCUT2D eigenvalue weighted by atomic mass is 79.9. The van der Waals surface area contributed by atoms with Crippen molar-refractivity contribution in [1.29, 1.82) is 0 Å². The Morgan fingerprint density at radius 1 is 0.944 bits per heavy atom. The van der Waals surface area contributed by atoms with E-state index < -0.39 is 0 Å². The minimum absolute atomic E-state index is 0.623. The number of amides is 1. The van der Waals surface area contributed by atoms with Crippen molar-refractivity contribution in [3.05, 3.63) is 70.2 Å². The van der Waals surface area contributed by atoms with Gasteiger partial charge >= 0.3 is 0 Å². The van der Waals surface area contributed by atoms with Crippen LogP contribution in [0.2, 0.25) is 0 Å². The maximum absolute atomic E-state index is 11.1. The van der Waals surface area contributed by atoms with Crippen LogP contribution in [0.1, 0.15) is 11.1 Å². The summed E-state index contributed by atoms with van der Waals surface area (Å²) in [7, 11) is 0. The molecule has 0 aliphatic carbocycles. The summed E-state index contributed by atoms with van der Waals surface area (Å²) in [5, 5.41) is 0. The zero-order chi connectivity index (χ0) is 12.8. The van der Waals surface area contributed by atoms with Crippen LogP contribution in [0.5, 0.6) is 0 Å². The molecule has 1 amide bonds. The van der Waals surface area contributed by atoms with Gasteiger partial charge in [0.05, 0.1) is 0 Å². The van der Waals surface area contributed by atoms with E-state index in [0.29, 0.717) is 13.1 Å². The van der Waals surface area contributed by atoms with Crippen molar-refractivity contribution < 1.29 is 4.79 Å². The van der Waals surface area contributed by atoms with Gasteiger partial charge in [-0.15, -0.1) is 0 Å². The third-order valence-corrected chi connectivity index (χ3v) is 3.15. The molecule has 3 heteroatoms. The Morgan fingerprint density at radius 3 is 2.28 bits per heavy atom. The highest BCUT2D eigenvalue weighted by molar-refractivity contribution is 9.10. The highest BCUT2D eigenvalue weighted by Crippen LogP contribution is 2.14. The first-order valence-corrected chi connectivity index (χ1v) is 6.55. The van der Waals surface area contributed by atoms with Crippen LogP contribution in [0, 0.1) is 0 Å². The van der Waals surface area contributed by atoms with Gasteiger partial charge in [-0.3, -0.25) is 4.79 Å². The fourth-order valence-corrected chi connectivity index (χ4v) is 2.26. The lowest BCUT2D eigenvalue weighted by atomic mass is 10.2. The molecule has 2 aromatic rings. The summed E-state index contributed by atoms with van der Waals surface area (Å²) in [5.41, 5.74) is 2.26. The minimum atomic E-state index is 0.623. The van der Waals surface area contributed by atoms with E-state index in [2.05, 4.69) is 15.9 Å². The number of halogens is 1. The van der Waals surface area contributed by atoms with Gasteiger partial charge in [0.1, 0.15) is 0 Å². The fraction of sp³-hybridized carbons (Fsp3) is 0.133. The summed E-state index contributed by atoms with van der Waals surface area (Å²) in [6.07, 6.45) is 0.897. The first-order chi connectivity index (χ1) is 8.78. The number of rotatable bonds is 5. The Morgan fingerprint density at radius 2 is 1.61 bits per heavy atom. The Bertz CT molecular complexity index is 513. The van der Waals surface area contributed by atoms with Crippen LogP contribution in [0.3, 0.4) is 0 Å². The Labute approximate surface area is 115 Å². The van der Waals surface area contributed by atoms with Crippen molar-refractivity contribution in [1.82, 2.24) is 4.90 Å². The van der Waals surface area contributed by atoms with Crippen molar-refractivity contribution in [2.75, 3.05) is 0 Å². The normalized spacial score (nSPS) is 10.1. The molecule has 0 N–H and O–H groups in total. The number of carbonyl (C=O) groups is 1. The Balaban J connectivity index is 2.04. The minimum Gasteiger partial charge on any atom is -0.337 e. The first-order valence-electron chi connectivity index (χ1n) is 5.75. The van der Waals surface area contributed by atoms with Gasteiger partial charge in [0.15, 0.2) is 0 Å². The van der Waals surface area contributed by atoms with Crippen LogP contribution < -0.4 is 0 Å². The van der Waals surface area contributed by atoms with E-state index in [4.69, 9.17) is 0 Å². The number of nitrogens with zero attached hydrogens (tertiary/aromatic N) is 1. The van der Waals surface area contributed by atoms with E-state index >= 15 is 0 Å². The molecular weight excluding hydrogens is 290 g/mol. The predicted molar refractivity (Wildman–Crippen MR) is 75.9 cm³/mol. The van der Waals surface area contributed by atoms with Crippen LogP contribution in [-0.4, -0.2) is 11.3 Å². The molecule has 0 saturated heterocycles. The number of hydrogen-bond donors (Lipinski definition) is 0. The van der Waals surface area contributed by atoms with Gasteiger partial charge < -0.3 is 4.90 Å². The summed E-state index contributed by atoms with van der Waals surface area (Å²) in [6, 6.07) is 18.0. The highest BCUT2D eigenvalue weighted by Gasteiger charge is 2.04. The molecule has 0 heterocycles. The van der Waals surface area contributed by atoms with E-state index in [1.54, 1.807) is 4.90 Å². The zero-order valence-electron chi connectivity index (χ0n) is 9.92. The molecule has 0 bridgehead atoms. The molecule has 2 nitrogen and oxygen atoms in total. The molecule has 0 saturated carbocycles. The molecule has 0 unspecified atom stereocenters. The molecule has 0 radical (unpaired) electrons. The molecule has 92 valence electrons. The SMILES string of the molecule is O=CN(Cc1ccccc1)Cc1cccc(Br)c1. The van der Waals surface area contributed by atoms with Crippen LogP contribution in [0.25, 0.3) is 0 Å². The van der Waals surface area contributed by atoms with Crippen molar-refractivity contribution >= 4 is 22.3 Å². The summed E-state index contributed by atoms with van der Waals surface area (Å²) < 4.78 is 1.03. The molecule has 0 fully saturated rings. The van der Waals surface area contributed by atoms with Crippen LogP contribution in [0.4, 0.5) is 0 Å². The molecule has 0 aliphatic rings. The standard InChI is InChI=1S/C15H14BrNO/c16-15-8-4-7-14(9-15)11-17(12-18)10-13-5-2-1-3-6-13/h1-9,12H,10-11H2. The number of carbonyl (C=O) groups excluding carboxylic acids is 1. The monoisotopic (exact) mass is 303 g/mol. The van der Waals surface area contributed by atoms with E-state index in [1.807, 2.05) is 54.6 Å². The number of hydrogen-bond acceptors (Lipinski definition) is 1. The van der Waals surface area contributed by atoms with Crippen LogP contribution in [0.15, 0.2) is 59.1 Å². The second-order valence-electron chi connectivity index (χ2n) is 4.13. The first kappa shape index (κ1) is 12.8. The van der Waals surface area contributed by atoms with E-state index in [9.17, 15) is 4.79 Å². The molecule has 0 aromatic heterocycles. The Hall–Kier alpha value is -1.61. The Kier molecular flexibility index (Phi) is 4.53.